The van der Waals surface area contributed by atoms with E-state index >= 15 is 0 Å². The lowest BCUT2D eigenvalue weighted by Crippen LogP contribution is -2.31. The highest BCUT2D eigenvalue weighted by atomic mass is 16.6. The number of amides is 1. The van der Waals surface area contributed by atoms with E-state index in [-0.39, 0.29) is 12.5 Å². The van der Waals surface area contributed by atoms with Crippen LogP contribution in [0.5, 0.6) is 0 Å². The highest BCUT2D eigenvalue weighted by molar-refractivity contribution is 5.82. The van der Waals surface area contributed by atoms with Crippen molar-refractivity contribution in [2.75, 3.05) is 13.7 Å². The predicted octanol–water partition coefficient (Wildman–Crippen LogP) is 1.14. The van der Waals surface area contributed by atoms with Crippen LogP contribution in [0.15, 0.2) is 35.5 Å². The van der Waals surface area contributed by atoms with Gasteiger partial charge in [-0.25, -0.2) is 0 Å². The molecule has 1 amide bonds. The van der Waals surface area contributed by atoms with Crippen molar-refractivity contribution in [1.82, 2.24) is 4.90 Å². The van der Waals surface area contributed by atoms with Gasteiger partial charge in [0.2, 0.25) is 0 Å². The molecule has 1 aromatic carbocycles. The number of benzene rings is 1. The van der Waals surface area contributed by atoms with E-state index in [9.17, 15) is 4.79 Å². The van der Waals surface area contributed by atoms with Crippen LogP contribution in [0.4, 0.5) is 0 Å². The van der Waals surface area contributed by atoms with Gasteiger partial charge in [-0.05, 0) is 18.4 Å². The van der Waals surface area contributed by atoms with Gasteiger partial charge in [0.1, 0.15) is 5.84 Å². The van der Waals surface area contributed by atoms with Crippen molar-refractivity contribution in [2.24, 2.45) is 10.9 Å². The van der Waals surface area contributed by atoms with Gasteiger partial charge >= 0.3 is 0 Å². The first kappa shape index (κ1) is 13.4. The van der Waals surface area contributed by atoms with Crippen molar-refractivity contribution in [3.05, 3.63) is 35.9 Å². The lowest BCUT2D eigenvalue weighted by Gasteiger charge is -2.14. The Hall–Kier alpha value is -2.04. The third kappa shape index (κ3) is 4.28. The Balaban J connectivity index is 1.74. The smallest absolute Gasteiger partial charge is 0.263 e. The lowest BCUT2D eigenvalue weighted by molar-refractivity contribution is -0.135. The molecular formula is C14H19N3O2. The average molecular weight is 261 g/mol. The minimum atomic E-state index is -0.0567. The second-order valence-electron chi connectivity index (χ2n) is 4.75. The third-order valence-electron chi connectivity index (χ3n) is 3.09. The molecule has 1 aliphatic rings. The van der Waals surface area contributed by atoms with Gasteiger partial charge in [-0.15, -0.1) is 0 Å². The number of oxime groups is 1. The Bertz CT molecular complexity index is 455. The van der Waals surface area contributed by atoms with Gasteiger partial charge in [-0.3, -0.25) is 4.79 Å². The van der Waals surface area contributed by atoms with E-state index in [0.717, 1.165) is 18.4 Å². The van der Waals surface area contributed by atoms with Crippen LogP contribution in [0.1, 0.15) is 18.4 Å². The van der Waals surface area contributed by atoms with Crippen LogP contribution >= 0.6 is 0 Å². The summed E-state index contributed by atoms with van der Waals surface area (Å²) in [6.07, 6.45) is 2.69. The van der Waals surface area contributed by atoms with Crippen molar-refractivity contribution in [2.45, 2.75) is 25.3 Å². The van der Waals surface area contributed by atoms with Crippen LogP contribution < -0.4 is 5.73 Å². The van der Waals surface area contributed by atoms with E-state index in [0.29, 0.717) is 18.3 Å². The number of amidine groups is 1. The Labute approximate surface area is 113 Å². The van der Waals surface area contributed by atoms with Crippen molar-refractivity contribution >= 4 is 11.7 Å². The first-order valence-corrected chi connectivity index (χ1v) is 6.40. The Morgan fingerprint density at radius 2 is 2.11 bits per heavy atom. The average Bonchev–Trinajstić information content (AvgIpc) is 3.23. The molecule has 0 aliphatic heterocycles. The van der Waals surface area contributed by atoms with E-state index in [4.69, 9.17) is 10.6 Å². The summed E-state index contributed by atoms with van der Waals surface area (Å²) in [6.45, 7) is -0.0531. The Morgan fingerprint density at radius 3 is 2.74 bits per heavy atom. The molecule has 102 valence electrons. The number of nitrogens with two attached hydrogens (primary N) is 1. The third-order valence-corrected chi connectivity index (χ3v) is 3.09. The molecule has 0 heterocycles. The summed E-state index contributed by atoms with van der Waals surface area (Å²) in [5.74, 6) is 0.312. The maximum absolute atomic E-state index is 11.7. The molecule has 1 aliphatic carbocycles. The van der Waals surface area contributed by atoms with E-state index < -0.39 is 0 Å². The molecule has 0 unspecified atom stereocenters. The van der Waals surface area contributed by atoms with Crippen molar-refractivity contribution in [3.63, 3.8) is 0 Å². The van der Waals surface area contributed by atoms with Crippen LogP contribution in [0, 0.1) is 0 Å². The van der Waals surface area contributed by atoms with Crippen molar-refractivity contribution in [1.29, 1.82) is 0 Å². The van der Waals surface area contributed by atoms with E-state index in [2.05, 4.69) is 5.16 Å². The minimum Gasteiger partial charge on any atom is -0.384 e. The van der Waals surface area contributed by atoms with Gasteiger partial charge in [0, 0.05) is 19.5 Å². The highest BCUT2D eigenvalue weighted by Crippen LogP contribution is 2.25. The topological polar surface area (TPSA) is 67.9 Å². The predicted molar refractivity (Wildman–Crippen MR) is 73.5 cm³/mol. The lowest BCUT2D eigenvalue weighted by atomic mass is 10.1. The molecule has 0 aromatic heterocycles. The molecule has 2 rings (SSSR count). The molecular weight excluding hydrogens is 242 g/mol. The van der Waals surface area contributed by atoms with Crippen LogP contribution in [0.25, 0.3) is 0 Å². The summed E-state index contributed by atoms with van der Waals surface area (Å²) in [5.41, 5.74) is 6.80. The number of hydrogen-bond donors (Lipinski definition) is 1. The normalized spacial score (nSPS) is 15.1. The fourth-order valence-corrected chi connectivity index (χ4v) is 1.77. The molecule has 0 saturated heterocycles. The molecule has 2 N–H and O–H groups in total. The van der Waals surface area contributed by atoms with Gasteiger partial charge in [-0.2, -0.15) is 0 Å². The summed E-state index contributed by atoms with van der Waals surface area (Å²) >= 11 is 0. The molecule has 0 radical (unpaired) electrons. The van der Waals surface area contributed by atoms with Crippen LogP contribution in [0.3, 0.4) is 0 Å². The number of rotatable bonds is 6. The fourth-order valence-electron chi connectivity index (χ4n) is 1.77. The number of likely N-dealkylation sites (N-methyl/N-ethyl adjacent to an activating group) is 1. The molecule has 1 aromatic rings. The van der Waals surface area contributed by atoms with E-state index in [1.807, 2.05) is 30.3 Å². The summed E-state index contributed by atoms with van der Waals surface area (Å²) in [5, 5.41) is 3.77. The molecule has 0 atom stereocenters. The zero-order valence-corrected chi connectivity index (χ0v) is 11.1. The molecule has 1 saturated carbocycles. The van der Waals surface area contributed by atoms with Gasteiger partial charge in [0.05, 0.1) is 0 Å². The number of hydrogen-bond acceptors (Lipinski definition) is 3. The quantitative estimate of drug-likeness (QED) is 0.474. The molecule has 0 bridgehead atoms. The first-order valence-electron chi connectivity index (χ1n) is 6.40. The zero-order chi connectivity index (χ0) is 13.7. The summed E-state index contributed by atoms with van der Waals surface area (Å²) in [6, 6.07) is 10.2. The highest BCUT2D eigenvalue weighted by Gasteiger charge is 2.29. The summed E-state index contributed by atoms with van der Waals surface area (Å²) in [7, 11) is 1.79. The molecule has 5 heteroatoms. The number of nitrogens with zero attached hydrogens (tertiary/aromatic N) is 2. The van der Waals surface area contributed by atoms with Crippen molar-refractivity contribution in [3.8, 4) is 0 Å². The zero-order valence-electron chi connectivity index (χ0n) is 11.1. The maximum atomic E-state index is 11.7. The maximum Gasteiger partial charge on any atom is 0.263 e. The fraction of sp³-hybridized carbons (Fsp3) is 0.429. The molecule has 1 fully saturated rings. The molecule has 19 heavy (non-hydrogen) atoms. The SMILES string of the molecule is CN(C(=O)CON=C(N)Cc1ccccc1)C1CC1. The monoisotopic (exact) mass is 261 g/mol. The van der Waals surface area contributed by atoms with Gasteiger partial charge in [-0.1, -0.05) is 35.5 Å². The van der Waals surface area contributed by atoms with Gasteiger partial charge < -0.3 is 15.5 Å². The number of carbonyl (C=O) groups is 1. The molecule has 5 nitrogen and oxygen atoms in total. The standard InChI is InChI=1S/C14H19N3O2/c1-17(12-7-8-12)14(18)10-19-16-13(15)9-11-5-3-2-4-6-11/h2-6,12H,7-10H2,1H3,(H2,15,16). The summed E-state index contributed by atoms with van der Waals surface area (Å²) in [4.78, 5) is 18.4. The number of carbonyl (C=O) groups excluding carboxylic acids is 1. The first-order chi connectivity index (χ1) is 9.16. The van der Waals surface area contributed by atoms with Crippen LogP contribution in [-0.4, -0.2) is 36.3 Å². The van der Waals surface area contributed by atoms with Gasteiger partial charge in [0.15, 0.2) is 6.61 Å². The van der Waals surface area contributed by atoms with Crippen molar-refractivity contribution < 1.29 is 9.63 Å². The van der Waals surface area contributed by atoms with Gasteiger partial charge in [0.25, 0.3) is 5.91 Å². The second-order valence-corrected chi connectivity index (χ2v) is 4.75. The van der Waals surface area contributed by atoms with E-state index in [1.165, 1.54) is 0 Å². The molecule has 0 spiro atoms. The Morgan fingerprint density at radius 1 is 1.42 bits per heavy atom. The summed E-state index contributed by atoms with van der Waals surface area (Å²) < 4.78 is 0. The largest absolute Gasteiger partial charge is 0.384 e. The van der Waals surface area contributed by atoms with E-state index in [1.54, 1.807) is 11.9 Å². The second kappa shape index (κ2) is 6.22. The van der Waals surface area contributed by atoms with Crippen LogP contribution in [0.2, 0.25) is 0 Å². The minimum absolute atomic E-state index is 0.0531. The Kier molecular flexibility index (Phi) is 4.39. The van der Waals surface area contributed by atoms with Crippen LogP contribution in [-0.2, 0) is 16.1 Å².